The largest absolute Gasteiger partial charge is 0.382 e. The van der Waals surface area contributed by atoms with Crippen LogP contribution < -0.4 is 5.32 Å². The lowest BCUT2D eigenvalue weighted by molar-refractivity contribution is 0.374. The van der Waals surface area contributed by atoms with Crippen LogP contribution >= 0.6 is 0 Å². The third-order valence-corrected chi connectivity index (χ3v) is 4.19. The van der Waals surface area contributed by atoms with E-state index in [-0.39, 0.29) is 0 Å². The second kappa shape index (κ2) is 5.08. The second-order valence-corrected chi connectivity index (χ2v) is 5.74. The fraction of sp³-hybridized carbons (Fsp3) is 0.333. The summed E-state index contributed by atoms with van der Waals surface area (Å²) in [6.07, 6.45) is 2.49. The van der Waals surface area contributed by atoms with E-state index in [4.69, 9.17) is 0 Å². The quantitative estimate of drug-likeness (QED) is 0.836. The van der Waals surface area contributed by atoms with Crippen molar-refractivity contribution < 1.29 is 0 Å². The molecule has 1 aliphatic carbocycles. The summed E-state index contributed by atoms with van der Waals surface area (Å²) in [7, 11) is 0. The summed E-state index contributed by atoms with van der Waals surface area (Å²) >= 11 is 0. The van der Waals surface area contributed by atoms with Gasteiger partial charge in [-0.15, -0.1) is 0 Å². The van der Waals surface area contributed by atoms with Gasteiger partial charge >= 0.3 is 0 Å². The molecule has 0 amide bonds. The van der Waals surface area contributed by atoms with Crippen LogP contribution in [0.1, 0.15) is 35.4 Å². The van der Waals surface area contributed by atoms with E-state index >= 15 is 0 Å². The number of rotatable bonds is 3. The van der Waals surface area contributed by atoms with Gasteiger partial charge in [0.05, 0.1) is 0 Å². The minimum Gasteiger partial charge on any atom is -0.382 e. The first-order valence-corrected chi connectivity index (χ1v) is 7.11. The first-order chi connectivity index (χ1) is 9.22. The van der Waals surface area contributed by atoms with Crippen molar-refractivity contribution in [1.29, 1.82) is 0 Å². The van der Waals surface area contributed by atoms with Gasteiger partial charge in [0.2, 0.25) is 0 Å². The van der Waals surface area contributed by atoms with E-state index in [0.717, 1.165) is 5.92 Å². The molecule has 0 radical (unpaired) electrons. The van der Waals surface area contributed by atoms with Crippen molar-refractivity contribution in [2.45, 2.75) is 38.6 Å². The van der Waals surface area contributed by atoms with Crippen LogP contribution in [-0.2, 0) is 0 Å². The van der Waals surface area contributed by atoms with E-state index in [0.29, 0.717) is 6.04 Å². The molecule has 1 saturated carbocycles. The Kier molecular flexibility index (Phi) is 3.29. The van der Waals surface area contributed by atoms with Crippen LogP contribution in [-0.4, -0.2) is 6.04 Å². The summed E-state index contributed by atoms with van der Waals surface area (Å²) in [6, 6.07) is 18.2. The number of aryl methyl sites for hydroxylation is 2. The van der Waals surface area contributed by atoms with Crippen LogP contribution in [0.2, 0.25) is 0 Å². The zero-order chi connectivity index (χ0) is 13.2. The Hall–Kier alpha value is -1.76. The van der Waals surface area contributed by atoms with Crippen molar-refractivity contribution in [3.8, 4) is 0 Å². The first kappa shape index (κ1) is 12.3. The maximum Gasteiger partial charge on any atom is 0.0372 e. The van der Waals surface area contributed by atoms with Crippen molar-refractivity contribution in [3.63, 3.8) is 0 Å². The van der Waals surface area contributed by atoms with Gasteiger partial charge in [-0.3, -0.25) is 0 Å². The molecule has 1 aliphatic rings. The molecule has 1 heteroatoms. The summed E-state index contributed by atoms with van der Waals surface area (Å²) in [5, 5.41) is 3.66. The average Bonchev–Trinajstić information content (AvgIpc) is 2.37. The molecular weight excluding hydrogens is 230 g/mol. The maximum absolute atomic E-state index is 3.66. The lowest BCUT2D eigenvalue weighted by Gasteiger charge is -2.37. The Morgan fingerprint density at radius 1 is 0.895 bits per heavy atom. The van der Waals surface area contributed by atoms with Gasteiger partial charge < -0.3 is 5.32 Å². The van der Waals surface area contributed by atoms with E-state index in [1.807, 2.05) is 0 Å². The Labute approximate surface area is 115 Å². The van der Waals surface area contributed by atoms with E-state index in [9.17, 15) is 0 Å². The second-order valence-electron chi connectivity index (χ2n) is 5.74. The molecule has 0 aliphatic heterocycles. The molecule has 0 aromatic heterocycles. The smallest absolute Gasteiger partial charge is 0.0372 e. The van der Waals surface area contributed by atoms with Crippen LogP contribution in [0, 0.1) is 13.8 Å². The summed E-state index contributed by atoms with van der Waals surface area (Å²) in [5.74, 6) is 0.738. The van der Waals surface area contributed by atoms with Crippen molar-refractivity contribution in [2.24, 2.45) is 0 Å². The van der Waals surface area contributed by atoms with Crippen LogP contribution in [0.4, 0.5) is 5.69 Å². The van der Waals surface area contributed by atoms with Gasteiger partial charge in [-0.1, -0.05) is 48.0 Å². The average molecular weight is 251 g/mol. The van der Waals surface area contributed by atoms with Gasteiger partial charge in [-0.05, 0) is 49.8 Å². The van der Waals surface area contributed by atoms with Gasteiger partial charge in [-0.2, -0.15) is 0 Å². The van der Waals surface area contributed by atoms with Gasteiger partial charge in [0.25, 0.3) is 0 Å². The highest BCUT2D eigenvalue weighted by Gasteiger charge is 2.30. The fourth-order valence-corrected chi connectivity index (χ4v) is 2.80. The lowest BCUT2D eigenvalue weighted by Crippen LogP contribution is -2.34. The highest BCUT2D eigenvalue weighted by Crippen LogP contribution is 2.38. The third-order valence-electron chi connectivity index (χ3n) is 4.19. The molecule has 0 heterocycles. The third kappa shape index (κ3) is 2.65. The topological polar surface area (TPSA) is 12.0 Å². The molecule has 2 aromatic rings. The SMILES string of the molecule is Cc1ccc(C2CC(Nc3ccccc3C)C2)cc1. The Morgan fingerprint density at radius 3 is 2.26 bits per heavy atom. The predicted octanol–water partition coefficient (Wildman–Crippen LogP) is 4.66. The van der Waals surface area contributed by atoms with E-state index < -0.39 is 0 Å². The zero-order valence-corrected chi connectivity index (χ0v) is 11.7. The molecule has 0 atom stereocenters. The predicted molar refractivity (Wildman–Crippen MR) is 81.7 cm³/mol. The number of nitrogens with one attached hydrogen (secondary N) is 1. The van der Waals surface area contributed by atoms with Gasteiger partial charge in [0.15, 0.2) is 0 Å². The normalized spacial score (nSPS) is 21.8. The van der Waals surface area contributed by atoms with Crippen LogP contribution in [0.5, 0.6) is 0 Å². The standard InChI is InChI=1S/C18H21N/c1-13-7-9-15(10-8-13)16-11-17(12-16)19-18-6-4-3-5-14(18)2/h3-10,16-17,19H,11-12H2,1-2H3. The number of hydrogen-bond donors (Lipinski definition) is 1. The monoisotopic (exact) mass is 251 g/mol. The molecular formula is C18H21N. The molecule has 2 aromatic carbocycles. The fourth-order valence-electron chi connectivity index (χ4n) is 2.80. The minimum absolute atomic E-state index is 0.632. The highest BCUT2D eigenvalue weighted by atomic mass is 14.9. The maximum atomic E-state index is 3.66. The number of anilines is 1. The molecule has 1 nitrogen and oxygen atoms in total. The van der Waals surface area contributed by atoms with Crippen molar-refractivity contribution in [3.05, 3.63) is 65.2 Å². The molecule has 19 heavy (non-hydrogen) atoms. The molecule has 1 N–H and O–H groups in total. The van der Waals surface area contributed by atoms with Crippen molar-refractivity contribution in [1.82, 2.24) is 0 Å². The first-order valence-electron chi connectivity index (χ1n) is 7.11. The summed E-state index contributed by atoms with van der Waals surface area (Å²) in [4.78, 5) is 0. The van der Waals surface area contributed by atoms with E-state index in [1.54, 1.807) is 0 Å². The van der Waals surface area contributed by atoms with Crippen molar-refractivity contribution in [2.75, 3.05) is 5.32 Å². The van der Waals surface area contributed by atoms with Crippen LogP contribution in [0.3, 0.4) is 0 Å². The van der Waals surface area contributed by atoms with Gasteiger partial charge in [-0.25, -0.2) is 0 Å². The van der Waals surface area contributed by atoms with Gasteiger partial charge in [0, 0.05) is 11.7 Å². The molecule has 0 spiro atoms. The number of benzene rings is 2. The number of hydrogen-bond acceptors (Lipinski definition) is 1. The van der Waals surface area contributed by atoms with Crippen LogP contribution in [0.15, 0.2) is 48.5 Å². The minimum atomic E-state index is 0.632. The number of para-hydroxylation sites is 1. The van der Waals surface area contributed by atoms with Crippen LogP contribution in [0.25, 0.3) is 0 Å². The Balaban J connectivity index is 1.58. The summed E-state index contributed by atoms with van der Waals surface area (Å²) < 4.78 is 0. The zero-order valence-electron chi connectivity index (χ0n) is 11.7. The Bertz CT molecular complexity index is 550. The molecule has 0 unspecified atom stereocenters. The van der Waals surface area contributed by atoms with Gasteiger partial charge in [0.1, 0.15) is 0 Å². The molecule has 3 rings (SSSR count). The molecule has 1 fully saturated rings. The lowest BCUT2D eigenvalue weighted by atomic mass is 9.75. The molecule has 0 saturated heterocycles. The van der Waals surface area contributed by atoms with Crippen molar-refractivity contribution >= 4 is 5.69 Å². The van der Waals surface area contributed by atoms with E-state index in [2.05, 4.69) is 67.7 Å². The summed E-state index contributed by atoms with van der Waals surface area (Å²) in [5.41, 5.74) is 5.46. The summed E-state index contributed by atoms with van der Waals surface area (Å²) in [6.45, 7) is 4.31. The Morgan fingerprint density at radius 2 is 1.58 bits per heavy atom. The van der Waals surface area contributed by atoms with E-state index in [1.165, 1.54) is 35.2 Å². The molecule has 98 valence electrons. The molecule has 0 bridgehead atoms. The highest BCUT2D eigenvalue weighted by molar-refractivity contribution is 5.51.